The van der Waals surface area contributed by atoms with Gasteiger partial charge >= 0.3 is 12.0 Å². The first-order valence-electron chi connectivity index (χ1n) is 8.72. The Balaban J connectivity index is 1.80. The highest BCUT2D eigenvalue weighted by atomic mass is 16.5. The number of carbonyl (C=O) groups is 2. The van der Waals surface area contributed by atoms with Crippen LogP contribution in [0.25, 0.3) is 0 Å². The fourth-order valence-electron chi connectivity index (χ4n) is 3.09. The molecule has 0 saturated heterocycles. The summed E-state index contributed by atoms with van der Waals surface area (Å²) in [6.07, 6.45) is 0.623. The molecule has 2 aromatic rings. The second-order valence-electron chi connectivity index (χ2n) is 6.18. The van der Waals surface area contributed by atoms with Crippen LogP contribution >= 0.6 is 0 Å². The smallest absolute Gasteiger partial charge is 0.338 e. The number of allylic oxidation sites excluding steroid dienone is 1. The number of methoxy groups -OCH3 is 1. The van der Waals surface area contributed by atoms with Gasteiger partial charge in [-0.1, -0.05) is 48.5 Å². The van der Waals surface area contributed by atoms with E-state index in [4.69, 9.17) is 9.47 Å². The molecular weight excluding hydrogens is 344 g/mol. The second-order valence-corrected chi connectivity index (χ2v) is 6.18. The van der Waals surface area contributed by atoms with E-state index >= 15 is 0 Å². The molecule has 0 spiro atoms. The molecule has 1 aliphatic rings. The summed E-state index contributed by atoms with van der Waals surface area (Å²) in [6, 6.07) is 16.1. The molecule has 6 nitrogen and oxygen atoms in total. The van der Waals surface area contributed by atoms with Crippen molar-refractivity contribution >= 4 is 12.0 Å². The number of urea groups is 1. The zero-order valence-electron chi connectivity index (χ0n) is 15.3. The minimum absolute atomic E-state index is 0.256. The Morgan fingerprint density at radius 3 is 2.52 bits per heavy atom. The van der Waals surface area contributed by atoms with Crippen LogP contribution in [-0.4, -0.2) is 25.7 Å². The van der Waals surface area contributed by atoms with Gasteiger partial charge in [-0.3, -0.25) is 0 Å². The molecule has 2 N–H and O–H groups in total. The van der Waals surface area contributed by atoms with Gasteiger partial charge in [0.05, 0.1) is 25.3 Å². The number of para-hydroxylation sites is 1. The Kier molecular flexibility index (Phi) is 5.76. The van der Waals surface area contributed by atoms with E-state index in [1.807, 2.05) is 48.5 Å². The Labute approximate surface area is 158 Å². The number of hydrogen-bond acceptors (Lipinski definition) is 4. The van der Waals surface area contributed by atoms with E-state index in [1.165, 1.54) is 0 Å². The highest BCUT2D eigenvalue weighted by molar-refractivity contribution is 5.95. The van der Waals surface area contributed by atoms with Crippen LogP contribution in [-0.2, 0) is 16.0 Å². The molecule has 0 aromatic heterocycles. The topological polar surface area (TPSA) is 76.7 Å². The maximum Gasteiger partial charge on any atom is 0.338 e. The number of carbonyl (C=O) groups excluding carboxylic acids is 2. The number of ether oxygens (including phenoxy) is 2. The Hall–Kier alpha value is -3.28. The molecule has 6 heteroatoms. The molecule has 2 aromatic carbocycles. The van der Waals surface area contributed by atoms with Crippen molar-refractivity contribution in [3.8, 4) is 5.75 Å². The highest BCUT2D eigenvalue weighted by Gasteiger charge is 2.33. The first-order chi connectivity index (χ1) is 13.1. The summed E-state index contributed by atoms with van der Waals surface area (Å²) < 4.78 is 10.9. The fourth-order valence-corrected chi connectivity index (χ4v) is 3.09. The van der Waals surface area contributed by atoms with Crippen molar-refractivity contribution in [2.75, 3.05) is 13.7 Å². The predicted molar refractivity (Wildman–Crippen MR) is 101 cm³/mol. The standard InChI is InChI=1S/C21H22N2O4/c1-14-18(20(24)27-13-12-15-8-4-3-5-9-15)19(23-21(25)22-14)16-10-6-7-11-17(16)26-2/h3-11,19H,12-13H2,1-2H3,(H2,22,23,25)/t19-/m1/s1. The van der Waals surface area contributed by atoms with Gasteiger partial charge in [0.25, 0.3) is 0 Å². The predicted octanol–water partition coefficient (Wildman–Crippen LogP) is 3.11. The summed E-state index contributed by atoms with van der Waals surface area (Å²) in [4.78, 5) is 24.8. The van der Waals surface area contributed by atoms with Gasteiger partial charge in [0.15, 0.2) is 0 Å². The van der Waals surface area contributed by atoms with Crippen LogP contribution in [0.1, 0.15) is 24.1 Å². The van der Waals surface area contributed by atoms with Crippen LogP contribution in [0.3, 0.4) is 0 Å². The summed E-state index contributed by atoms with van der Waals surface area (Å²) in [5.41, 5.74) is 2.63. The zero-order chi connectivity index (χ0) is 19.2. The average Bonchev–Trinajstić information content (AvgIpc) is 2.68. The van der Waals surface area contributed by atoms with Crippen LogP contribution in [0.2, 0.25) is 0 Å². The van der Waals surface area contributed by atoms with Crippen LogP contribution in [0.4, 0.5) is 4.79 Å². The van der Waals surface area contributed by atoms with E-state index in [2.05, 4.69) is 10.6 Å². The molecule has 0 aliphatic carbocycles. The van der Waals surface area contributed by atoms with Gasteiger partial charge in [-0.05, 0) is 18.6 Å². The monoisotopic (exact) mass is 366 g/mol. The first-order valence-corrected chi connectivity index (χ1v) is 8.72. The van der Waals surface area contributed by atoms with Crippen molar-refractivity contribution in [1.82, 2.24) is 10.6 Å². The molecular formula is C21H22N2O4. The van der Waals surface area contributed by atoms with Gasteiger partial charge < -0.3 is 20.1 Å². The molecule has 0 saturated carbocycles. The quantitative estimate of drug-likeness (QED) is 0.770. The van der Waals surface area contributed by atoms with Crippen LogP contribution in [0.15, 0.2) is 65.9 Å². The Morgan fingerprint density at radius 1 is 1.07 bits per heavy atom. The first kappa shape index (κ1) is 18.5. The number of nitrogens with one attached hydrogen (secondary N) is 2. The average molecular weight is 366 g/mol. The van der Waals surface area contributed by atoms with E-state index in [9.17, 15) is 9.59 Å². The summed E-state index contributed by atoms with van der Waals surface area (Å²) in [6.45, 7) is 1.95. The van der Waals surface area contributed by atoms with Crippen molar-refractivity contribution in [3.63, 3.8) is 0 Å². The molecule has 1 atom stereocenters. The molecule has 1 heterocycles. The molecule has 0 radical (unpaired) electrons. The number of esters is 1. The number of benzene rings is 2. The second kappa shape index (κ2) is 8.40. The molecule has 140 valence electrons. The van der Waals surface area contributed by atoms with Crippen LogP contribution < -0.4 is 15.4 Å². The Bertz CT molecular complexity index is 861. The lowest BCUT2D eigenvalue weighted by Crippen LogP contribution is -2.45. The molecule has 3 rings (SSSR count). The number of rotatable bonds is 6. The molecule has 0 unspecified atom stereocenters. The van der Waals surface area contributed by atoms with E-state index in [0.29, 0.717) is 29.0 Å². The zero-order valence-corrected chi connectivity index (χ0v) is 15.3. The number of hydrogen-bond donors (Lipinski definition) is 2. The third kappa shape index (κ3) is 4.28. The van der Waals surface area contributed by atoms with Gasteiger partial charge in [0.2, 0.25) is 0 Å². The highest BCUT2D eigenvalue weighted by Crippen LogP contribution is 2.33. The van der Waals surface area contributed by atoms with Crippen molar-refractivity contribution < 1.29 is 19.1 Å². The Morgan fingerprint density at radius 2 is 1.78 bits per heavy atom. The van der Waals surface area contributed by atoms with Crippen LogP contribution in [0, 0.1) is 0 Å². The normalized spacial score (nSPS) is 16.4. The molecule has 1 aliphatic heterocycles. The summed E-state index contributed by atoms with van der Waals surface area (Å²) in [5, 5.41) is 5.43. The minimum atomic E-state index is -0.640. The van der Waals surface area contributed by atoms with Gasteiger partial charge in [-0.15, -0.1) is 0 Å². The molecule has 0 fully saturated rings. The van der Waals surface area contributed by atoms with Gasteiger partial charge in [0, 0.05) is 17.7 Å². The minimum Gasteiger partial charge on any atom is -0.496 e. The lowest BCUT2D eigenvalue weighted by Gasteiger charge is -2.29. The largest absolute Gasteiger partial charge is 0.496 e. The van der Waals surface area contributed by atoms with E-state index in [1.54, 1.807) is 20.1 Å². The summed E-state index contributed by atoms with van der Waals surface area (Å²) >= 11 is 0. The van der Waals surface area contributed by atoms with E-state index in [-0.39, 0.29) is 12.6 Å². The number of amides is 2. The SMILES string of the molecule is COc1ccccc1[C@H]1NC(=O)NC(C)=C1C(=O)OCCc1ccccc1. The van der Waals surface area contributed by atoms with Gasteiger partial charge in [-0.2, -0.15) is 0 Å². The van der Waals surface area contributed by atoms with Gasteiger partial charge in [0.1, 0.15) is 5.75 Å². The molecule has 27 heavy (non-hydrogen) atoms. The van der Waals surface area contributed by atoms with E-state index < -0.39 is 12.0 Å². The third-order valence-electron chi connectivity index (χ3n) is 4.41. The maximum absolute atomic E-state index is 12.8. The van der Waals surface area contributed by atoms with Gasteiger partial charge in [-0.25, -0.2) is 9.59 Å². The fraction of sp³-hybridized carbons (Fsp3) is 0.238. The van der Waals surface area contributed by atoms with Crippen LogP contribution in [0.5, 0.6) is 5.75 Å². The molecule has 0 bridgehead atoms. The lowest BCUT2D eigenvalue weighted by atomic mass is 9.95. The summed E-state index contributed by atoms with van der Waals surface area (Å²) in [7, 11) is 1.55. The van der Waals surface area contributed by atoms with Crippen molar-refractivity contribution in [1.29, 1.82) is 0 Å². The third-order valence-corrected chi connectivity index (χ3v) is 4.41. The molecule has 2 amide bonds. The van der Waals surface area contributed by atoms with E-state index in [0.717, 1.165) is 5.56 Å². The van der Waals surface area contributed by atoms with Crippen molar-refractivity contribution in [2.45, 2.75) is 19.4 Å². The summed E-state index contributed by atoms with van der Waals surface area (Å²) in [5.74, 6) is 0.124. The van der Waals surface area contributed by atoms with Crippen molar-refractivity contribution in [3.05, 3.63) is 77.0 Å². The van der Waals surface area contributed by atoms with Crippen molar-refractivity contribution in [2.24, 2.45) is 0 Å². The lowest BCUT2D eigenvalue weighted by molar-refractivity contribution is -0.139. The maximum atomic E-state index is 12.8.